The molecule has 11 heteroatoms. The number of allylic oxidation sites excluding steroid dienone is 1. The van der Waals surface area contributed by atoms with Crippen molar-refractivity contribution in [3.8, 4) is 0 Å². The van der Waals surface area contributed by atoms with Crippen molar-refractivity contribution in [2.24, 2.45) is 28.1 Å². The van der Waals surface area contributed by atoms with Crippen LogP contribution in [0.15, 0.2) is 11.6 Å². The maximum atomic E-state index is 12.1. The Morgan fingerprint density at radius 2 is 1.68 bits per heavy atom. The second kappa shape index (κ2) is 13.6. The smallest absolute Gasteiger partial charge is 0.217 e. The molecule has 15 unspecified atom stereocenters. The average molecular weight is 708 g/mol. The maximum absolute atomic E-state index is 12.1. The molecule has 1 amide bonds. The van der Waals surface area contributed by atoms with Crippen molar-refractivity contribution in [2.45, 2.75) is 186 Å². The average Bonchev–Trinajstić information content (AvgIpc) is 3.38. The third-order valence-corrected chi connectivity index (χ3v) is 14.2. The van der Waals surface area contributed by atoms with E-state index in [1.165, 1.54) is 19.6 Å². The van der Waals surface area contributed by atoms with Gasteiger partial charge in [-0.1, -0.05) is 32.4 Å². The molecule has 6 rings (SSSR count). The summed E-state index contributed by atoms with van der Waals surface area (Å²) in [5.74, 6) is 0.513. The third kappa shape index (κ3) is 6.63. The summed E-state index contributed by atoms with van der Waals surface area (Å²) in [6.45, 7) is 15.6. The van der Waals surface area contributed by atoms with E-state index in [0.717, 1.165) is 51.4 Å². The summed E-state index contributed by atoms with van der Waals surface area (Å²) in [5, 5.41) is 46.2. The fourth-order valence-electron chi connectivity index (χ4n) is 11.6. The summed E-state index contributed by atoms with van der Waals surface area (Å²) in [7, 11) is 1.44. The van der Waals surface area contributed by atoms with Gasteiger partial charge in [0, 0.05) is 19.4 Å². The number of nitrogens with one attached hydrogen (secondary N) is 1. The molecule has 3 heterocycles. The number of rotatable bonds is 8. The third-order valence-electron chi connectivity index (χ3n) is 14.2. The first-order valence-corrected chi connectivity index (χ1v) is 19.1. The van der Waals surface area contributed by atoms with Crippen molar-refractivity contribution in [1.82, 2.24) is 5.32 Å². The predicted molar refractivity (Wildman–Crippen MR) is 186 cm³/mol. The molecule has 3 aliphatic heterocycles. The minimum atomic E-state index is -1.14. The normalized spacial score (nSPS) is 48.2. The molecule has 0 bridgehead atoms. The van der Waals surface area contributed by atoms with E-state index in [1.807, 2.05) is 27.7 Å². The van der Waals surface area contributed by atoms with Gasteiger partial charge in [-0.15, -0.1) is 0 Å². The van der Waals surface area contributed by atoms with Crippen LogP contribution in [0.4, 0.5) is 0 Å². The molecule has 11 nitrogen and oxygen atoms in total. The second-order valence-electron chi connectivity index (χ2n) is 18.5. The van der Waals surface area contributed by atoms with Gasteiger partial charge in [0.05, 0.1) is 48.3 Å². The van der Waals surface area contributed by atoms with Gasteiger partial charge in [-0.2, -0.15) is 0 Å². The van der Waals surface area contributed by atoms with Gasteiger partial charge >= 0.3 is 0 Å². The first kappa shape index (κ1) is 38.6. The van der Waals surface area contributed by atoms with Crippen LogP contribution in [0, 0.1) is 28.1 Å². The predicted octanol–water partition coefficient (Wildman–Crippen LogP) is 3.78. The van der Waals surface area contributed by atoms with E-state index < -0.39 is 47.9 Å². The molecule has 0 aromatic heterocycles. The highest BCUT2D eigenvalue weighted by Gasteiger charge is 2.65. The Bertz CT molecular complexity index is 1280. The van der Waals surface area contributed by atoms with E-state index in [-0.39, 0.29) is 53.2 Å². The van der Waals surface area contributed by atoms with Crippen molar-refractivity contribution in [2.75, 3.05) is 13.7 Å². The maximum Gasteiger partial charge on any atom is 0.217 e. The van der Waals surface area contributed by atoms with Gasteiger partial charge in [0.2, 0.25) is 5.91 Å². The minimum Gasteiger partial charge on any atom is -0.394 e. The van der Waals surface area contributed by atoms with Crippen LogP contribution in [-0.4, -0.2) is 112 Å². The Hall–Kier alpha value is -1.15. The Morgan fingerprint density at radius 3 is 2.32 bits per heavy atom. The second-order valence-corrected chi connectivity index (χ2v) is 18.5. The van der Waals surface area contributed by atoms with Crippen molar-refractivity contribution in [1.29, 1.82) is 0 Å². The number of amides is 1. The number of fused-ring (bicyclic) bond motifs is 4. The van der Waals surface area contributed by atoms with Crippen LogP contribution < -0.4 is 5.32 Å². The molecule has 15 atom stereocenters. The van der Waals surface area contributed by atoms with Gasteiger partial charge in [-0.05, 0) is 108 Å². The summed E-state index contributed by atoms with van der Waals surface area (Å²) in [4.78, 5) is 12.1. The Labute approximate surface area is 298 Å². The number of hydrogen-bond donors (Lipinski definition) is 5. The number of aliphatic hydroxyl groups is 4. The quantitative estimate of drug-likeness (QED) is 0.236. The summed E-state index contributed by atoms with van der Waals surface area (Å²) in [6.07, 6.45) is 5.65. The molecule has 286 valence electrons. The van der Waals surface area contributed by atoms with Crippen molar-refractivity contribution in [3.05, 3.63) is 11.6 Å². The van der Waals surface area contributed by atoms with Gasteiger partial charge in [0.15, 0.2) is 6.29 Å². The van der Waals surface area contributed by atoms with Gasteiger partial charge in [-0.3, -0.25) is 4.79 Å². The Kier molecular flexibility index (Phi) is 10.5. The Balaban J connectivity index is 1.15. The first-order chi connectivity index (χ1) is 23.3. The van der Waals surface area contributed by atoms with Crippen molar-refractivity contribution in [3.63, 3.8) is 0 Å². The van der Waals surface area contributed by atoms with Crippen LogP contribution in [0.5, 0.6) is 0 Å². The highest BCUT2D eigenvalue weighted by atomic mass is 16.7. The summed E-state index contributed by atoms with van der Waals surface area (Å²) in [6, 6.07) is -0.885. The topological polar surface area (TPSA) is 156 Å². The Morgan fingerprint density at radius 1 is 0.980 bits per heavy atom. The molecule has 5 N–H and O–H groups in total. The molecule has 50 heavy (non-hydrogen) atoms. The molecule has 2 saturated carbocycles. The fourth-order valence-corrected chi connectivity index (χ4v) is 11.6. The van der Waals surface area contributed by atoms with E-state index in [0.29, 0.717) is 18.3 Å². The fraction of sp³-hybridized carbons (Fsp3) is 0.923. The van der Waals surface area contributed by atoms with Crippen LogP contribution in [-0.2, 0) is 28.5 Å². The molecule has 0 radical (unpaired) electrons. The van der Waals surface area contributed by atoms with Gasteiger partial charge in [0.25, 0.3) is 0 Å². The molecule has 0 aromatic carbocycles. The highest BCUT2D eigenvalue weighted by molar-refractivity contribution is 5.73. The van der Waals surface area contributed by atoms with E-state index in [9.17, 15) is 25.2 Å². The molecular formula is C39H65NO10. The zero-order chi connectivity index (χ0) is 36.6. The number of carbonyl (C=O) groups is 1. The van der Waals surface area contributed by atoms with Crippen LogP contribution in [0.2, 0.25) is 0 Å². The van der Waals surface area contributed by atoms with Crippen LogP contribution in [0.1, 0.15) is 113 Å². The summed E-state index contributed by atoms with van der Waals surface area (Å²) in [5.41, 5.74) is -0.532. The molecule has 3 saturated heterocycles. The van der Waals surface area contributed by atoms with Crippen molar-refractivity contribution < 1.29 is 48.9 Å². The number of hydrogen-bond acceptors (Lipinski definition) is 10. The molecular weight excluding hydrogens is 642 g/mol. The zero-order valence-electron chi connectivity index (χ0n) is 31.8. The lowest BCUT2D eigenvalue weighted by atomic mass is 9.50. The zero-order valence-corrected chi connectivity index (χ0v) is 31.8. The highest BCUT2D eigenvalue weighted by Crippen LogP contribution is 2.67. The molecule has 0 spiro atoms. The van der Waals surface area contributed by atoms with Crippen molar-refractivity contribution >= 4 is 5.91 Å². The SMILES string of the molecule is COC1C(CO)OC(OC(C)(C)C2CCC3(C)C=C(C4CCC5C4(C)CC(O)C4OC(C(C)(C)O)CCC45C)CCC3O2)C(NC(C)=O)C1O. The minimum absolute atomic E-state index is 0.00862. The largest absolute Gasteiger partial charge is 0.394 e. The van der Waals surface area contributed by atoms with Crippen LogP contribution >= 0.6 is 0 Å². The lowest BCUT2D eigenvalue weighted by Gasteiger charge is -2.60. The summed E-state index contributed by atoms with van der Waals surface area (Å²) >= 11 is 0. The van der Waals surface area contributed by atoms with E-state index in [2.05, 4.69) is 32.2 Å². The van der Waals surface area contributed by atoms with Gasteiger partial charge < -0.3 is 49.4 Å². The van der Waals surface area contributed by atoms with E-state index >= 15 is 0 Å². The monoisotopic (exact) mass is 707 g/mol. The number of aliphatic hydroxyl groups excluding tert-OH is 3. The molecule has 5 fully saturated rings. The lowest BCUT2D eigenvalue weighted by Crippen LogP contribution is -2.66. The first-order valence-electron chi connectivity index (χ1n) is 19.1. The van der Waals surface area contributed by atoms with Crippen LogP contribution in [0.25, 0.3) is 0 Å². The molecule has 6 aliphatic rings. The van der Waals surface area contributed by atoms with Gasteiger partial charge in [-0.25, -0.2) is 0 Å². The summed E-state index contributed by atoms with van der Waals surface area (Å²) < 4.78 is 31.5. The molecule has 0 aromatic rings. The lowest BCUT2D eigenvalue weighted by molar-refractivity contribution is -0.317. The molecule has 3 aliphatic carbocycles. The number of ether oxygens (including phenoxy) is 5. The standard InChI is InChI=1S/C39H65NO10/c1-21(42)40-30-31(44)32(46-9)25(20-41)47-34(30)50-36(4,5)28-14-16-37(6)18-22(10-13-29(37)48-28)23-11-12-26-38(7)17-15-27(35(2,3)45)49-33(38)24(43)19-39(23,26)8/h18,23-34,41,43-45H,10-17,19-20H2,1-9H3,(H,40,42). The van der Waals surface area contributed by atoms with Gasteiger partial charge in [0.1, 0.15) is 24.4 Å². The van der Waals surface area contributed by atoms with E-state index in [1.54, 1.807) is 0 Å². The number of carbonyl (C=O) groups excluding carboxylic acids is 1. The van der Waals surface area contributed by atoms with E-state index in [4.69, 9.17) is 23.7 Å². The number of methoxy groups -OCH3 is 1. The van der Waals surface area contributed by atoms with Crippen LogP contribution in [0.3, 0.4) is 0 Å².